The van der Waals surface area contributed by atoms with Crippen LogP contribution in [0.2, 0.25) is 0 Å². The summed E-state index contributed by atoms with van der Waals surface area (Å²) in [5.74, 6) is -1.24. The minimum Gasteiger partial charge on any atom is -0.481 e. The van der Waals surface area contributed by atoms with Crippen molar-refractivity contribution in [1.29, 1.82) is 0 Å². The molecule has 1 aromatic heterocycles. The van der Waals surface area contributed by atoms with Gasteiger partial charge in [0.15, 0.2) is 0 Å². The Kier molecular flexibility index (Phi) is 3.29. The van der Waals surface area contributed by atoms with Gasteiger partial charge in [-0.05, 0) is 42.0 Å². The monoisotopic (exact) mass is 246 g/mol. The van der Waals surface area contributed by atoms with E-state index in [-0.39, 0.29) is 0 Å². The van der Waals surface area contributed by atoms with Crippen LogP contribution in [-0.2, 0) is 4.79 Å². The molecule has 0 aliphatic rings. The summed E-state index contributed by atoms with van der Waals surface area (Å²) in [6.45, 7) is 3.79. The van der Waals surface area contributed by atoms with Gasteiger partial charge in [-0.25, -0.2) is 0 Å². The third-order valence-corrected chi connectivity index (χ3v) is 3.97. The molecule has 1 atom stereocenters. The van der Waals surface area contributed by atoms with Gasteiger partial charge in [0.05, 0.1) is 5.92 Å². The zero-order valence-corrected chi connectivity index (χ0v) is 10.6. The normalized spacial score (nSPS) is 12.4. The van der Waals surface area contributed by atoms with Crippen LogP contribution in [0.15, 0.2) is 35.7 Å². The molecule has 1 N–H and O–H groups in total. The Morgan fingerprint density at radius 3 is 2.35 bits per heavy atom. The molecule has 2 rings (SSSR count). The van der Waals surface area contributed by atoms with Gasteiger partial charge in [-0.1, -0.05) is 24.3 Å². The van der Waals surface area contributed by atoms with E-state index in [1.807, 2.05) is 24.3 Å². The average molecular weight is 246 g/mol. The second-order valence-electron chi connectivity index (χ2n) is 4.11. The molecule has 88 valence electrons. The van der Waals surface area contributed by atoms with Crippen molar-refractivity contribution >= 4 is 17.3 Å². The minimum atomic E-state index is -0.787. The van der Waals surface area contributed by atoms with Gasteiger partial charge >= 0.3 is 5.97 Å². The summed E-state index contributed by atoms with van der Waals surface area (Å²) in [5.41, 5.74) is 3.25. The van der Waals surface area contributed by atoms with Crippen molar-refractivity contribution in [1.82, 2.24) is 0 Å². The summed E-state index contributed by atoms with van der Waals surface area (Å²) >= 11 is 1.71. The van der Waals surface area contributed by atoms with Gasteiger partial charge in [0.2, 0.25) is 0 Å². The third kappa shape index (κ3) is 2.39. The first-order valence-electron chi connectivity index (χ1n) is 5.47. The number of carbonyl (C=O) groups is 1. The lowest BCUT2D eigenvalue weighted by Gasteiger charge is -2.07. The minimum absolute atomic E-state index is 0.450. The highest BCUT2D eigenvalue weighted by atomic mass is 32.1. The highest BCUT2D eigenvalue weighted by molar-refractivity contribution is 7.13. The Balaban J connectivity index is 2.31. The topological polar surface area (TPSA) is 37.3 Å². The van der Waals surface area contributed by atoms with Gasteiger partial charge in [0.1, 0.15) is 0 Å². The molecule has 3 heteroatoms. The number of thiophene rings is 1. The second-order valence-corrected chi connectivity index (χ2v) is 5.03. The Labute approximate surface area is 105 Å². The maximum atomic E-state index is 10.9. The van der Waals surface area contributed by atoms with Crippen LogP contribution < -0.4 is 0 Å². The molecule has 0 saturated carbocycles. The van der Waals surface area contributed by atoms with Crippen molar-refractivity contribution in [2.75, 3.05) is 0 Å². The molecule has 17 heavy (non-hydrogen) atoms. The van der Waals surface area contributed by atoms with Crippen LogP contribution in [0.25, 0.3) is 10.4 Å². The van der Waals surface area contributed by atoms with Gasteiger partial charge in [-0.3, -0.25) is 4.79 Å². The molecule has 0 spiro atoms. The van der Waals surface area contributed by atoms with Crippen molar-refractivity contribution in [3.05, 3.63) is 46.8 Å². The molecule has 0 aliphatic heterocycles. The summed E-state index contributed by atoms with van der Waals surface area (Å²) in [6, 6.07) is 9.87. The standard InChI is InChI=1S/C14H14O2S/c1-9-7-8-17-13(9)12-5-3-11(4-6-12)10(2)14(15)16/h3-8,10H,1-2H3,(H,15,16)/t10-/m0/s1. The predicted molar refractivity (Wildman–Crippen MR) is 70.5 cm³/mol. The number of hydrogen-bond donors (Lipinski definition) is 1. The molecule has 1 aromatic carbocycles. The molecule has 0 radical (unpaired) electrons. The number of hydrogen-bond acceptors (Lipinski definition) is 2. The van der Waals surface area contributed by atoms with Crippen molar-refractivity contribution in [2.45, 2.75) is 19.8 Å². The Morgan fingerprint density at radius 1 is 1.24 bits per heavy atom. The quantitative estimate of drug-likeness (QED) is 0.891. The van der Waals surface area contributed by atoms with E-state index in [1.165, 1.54) is 10.4 Å². The zero-order chi connectivity index (χ0) is 12.4. The molecule has 0 fully saturated rings. The second kappa shape index (κ2) is 4.72. The van der Waals surface area contributed by atoms with Gasteiger partial charge in [-0.15, -0.1) is 11.3 Å². The van der Waals surface area contributed by atoms with Gasteiger partial charge in [0, 0.05) is 4.88 Å². The number of aliphatic carboxylic acids is 1. The van der Waals surface area contributed by atoms with Crippen molar-refractivity contribution in [3.8, 4) is 10.4 Å². The number of carboxylic acid groups (broad SMARTS) is 1. The predicted octanol–water partition coefficient (Wildman–Crippen LogP) is 3.91. The largest absolute Gasteiger partial charge is 0.481 e. The van der Waals surface area contributed by atoms with Crippen LogP contribution in [0.5, 0.6) is 0 Å². The number of benzene rings is 1. The maximum Gasteiger partial charge on any atom is 0.310 e. The molecule has 0 saturated heterocycles. The lowest BCUT2D eigenvalue weighted by Crippen LogP contribution is -2.06. The summed E-state index contributed by atoms with van der Waals surface area (Å²) in [6.07, 6.45) is 0. The Morgan fingerprint density at radius 2 is 1.88 bits per heavy atom. The molecular formula is C14H14O2S. The van der Waals surface area contributed by atoms with Crippen molar-refractivity contribution < 1.29 is 9.90 Å². The Hall–Kier alpha value is -1.61. The summed E-state index contributed by atoms with van der Waals surface area (Å²) in [7, 11) is 0. The van der Waals surface area contributed by atoms with Crippen molar-refractivity contribution in [2.24, 2.45) is 0 Å². The van der Waals surface area contributed by atoms with Crippen LogP contribution >= 0.6 is 11.3 Å². The highest BCUT2D eigenvalue weighted by Crippen LogP contribution is 2.30. The van der Waals surface area contributed by atoms with Crippen LogP contribution in [0.3, 0.4) is 0 Å². The first-order chi connectivity index (χ1) is 8.09. The van der Waals surface area contributed by atoms with E-state index in [1.54, 1.807) is 18.3 Å². The summed E-state index contributed by atoms with van der Waals surface area (Å²) in [4.78, 5) is 12.1. The van der Waals surface area contributed by atoms with E-state index < -0.39 is 11.9 Å². The van der Waals surface area contributed by atoms with Crippen LogP contribution in [-0.4, -0.2) is 11.1 Å². The van der Waals surface area contributed by atoms with E-state index >= 15 is 0 Å². The fourth-order valence-electron chi connectivity index (χ4n) is 1.73. The summed E-state index contributed by atoms with van der Waals surface area (Å²) < 4.78 is 0. The molecule has 0 bridgehead atoms. The molecule has 1 heterocycles. The van der Waals surface area contributed by atoms with E-state index in [0.717, 1.165) is 11.1 Å². The SMILES string of the molecule is Cc1ccsc1-c1ccc([C@H](C)C(=O)O)cc1. The van der Waals surface area contributed by atoms with Gasteiger partial charge < -0.3 is 5.11 Å². The molecule has 0 amide bonds. The molecule has 2 aromatic rings. The first-order valence-corrected chi connectivity index (χ1v) is 6.35. The van der Waals surface area contributed by atoms with Crippen LogP contribution in [0.1, 0.15) is 24.0 Å². The van der Waals surface area contributed by atoms with Gasteiger partial charge in [0.25, 0.3) is 0 Å². The fourth-order valence-corrected chi connectivity index (χ4v) is 2.67. The number of rotatable bonds is 3. The average Bonchev–Trinajstić information content (AvgIpc) is 2.74. The lowest BCUT2D eigenvalue weighted by atomic mass is 9.99. The number of aryl methyl sites for hydroxylation is 1. The van der Waals surface area contributed by atoms with Gasteiger partial charge in [-0.2, -0.15) is 0 Å². The zero-order valence-electron chi connectivity index (χ0n) is 9.81. The van der Waals surface area contributed by atoms with Crippen LogP contribution in [0.4, 0.5) is 0 Å². The lowest BCUT2D eigenvalue weighted by molar-refractivity contribution is -0.138. The van der Waals surface area contributed by atoms with E-state index in [0.29, 0.717) is 0 Å². The van der Waals surface area contributed by atoms with E-state index in [4.69, 9.17) is 5.11 Å². The first kappa shape index (κ1) is 11.9. The number of carboxylic acids is 1. The Bertz CT molecular complexity index is 525. The fraction of sp³-hybridized carbons (Fsp3) is 0.214. The van der Waals surface area contributed by atoms with Crippen LogP contribution in [0, 0.1) is 6.92 Å². The molecule has 0 aliphatic carbocycles. The summed E-state index contributed by atoms with van der Waals surface area (Å²) in [5, 5.41) is 11.0. The smallest absolute Gasteiger partial charge is 0.310 e. The highest BCUT2D eigenvalue weighted by Gasteiger charge is 2.13. The van der Waals surface area contributed by atoms with E-state index in [2.05, 4.69) is 18.4 Å². The maximum absolute atomic E-state index is 10.9. The van der Waals surface area contributed by atoms with E-state index in [9.17, 15) is 4.79 Å². The molecular weight excluding hydrogens is 232 g/mol. The molecule has 0 unspecified atom stereocenters. The van der Waals surface area contributed by atoms with Crippen molar-refractivity contribution in [3.63, 3.8) is 0 Å². The molecule has 2 nitrogen and oxygen atoms in total. The third-order valence-electron chi connectivity index (χ3n) is 2.91.